The van der Waals surface area contributed by atoms with Gasteiger partial charge in [0.05, 0.1) is 0 Å². The van der Waals surface area contributed by atoms with Crippen molar-refractivity contribution in [2.75, 3.05) is 23.7 Å². The molecular weight excluding hydrogens is 264 g/mol. The molecule has 3 N–H and O–H groups in total. The first kappa shape index (κ1) is 14.8. The number of nitrogens with zero attached hydrogens (tertiary/aromatic N) is 1. The van der Waals surface area contributed by atoms with Crippen molar-refractivity contribution in [3.8, 4) is 0 Å². The van der Waals surface area contributed by atoms with E-state index in [0.717, 1.165) is 22.6 Å². The standard InChI is InChI=1S/C16H20N4O/c1-12-6-7-13(2)14(11-12)20-16(21)19-10-9-18-15-5-3-4-8-17-15/h3-8,11H,9-10H2,1-2H3,(H,17,18)(H2,19,20,21). The Labute approximate surface area is 124 Å². The largest absolute Gasteiger partial charge is 0.368 e. The zero-order valence-corrected chi connectivity index (χ0v) is 12.3. The van der Waals surface area contributed by atoms with E-state index in [1.807, 2.05) is 50.2 Å². The Morgan fingerprint density at radius 2 is 2.00 bits per heavy atom. The number of anilines is 2. The Bertz CT molecular complexity index is 598. The summed E-state index contributed by atoms with van der Waals surface area (Å²) in [4.78, 5) is 16.0. The second-order valence-electron chi connectivity index (χ2n) is 4.84. The molecule has 0 fully saturated rings. The highest BCUT2D eigenvalue weighted by Gasteiger charge is 2.03. The topological polar surface area (TPSA) is 66.1 Å². The van der Waals surface area contributed by atoms with E-state index in [-0.39, 0.29) is 6.03 Å². The van der Waals surface area contributed by atoms with E-state index in [9.17, 15) is 4.79 Å². The van der Waals surface area contributed by atoms with Gasteiger partial charge in [-0.3, -0.25) is 0 Å². The summed E-state index contributed by atoms with van der Waals surface area (Å²) in [5.74, 6) is 0.800. The van der Waals surface area contributed by atoms with Crippen LogP contribution in [0.25, 0.3) is 0 Å². The highest BCUT2D eigenvalue weighted by Crippen LogP contribution is 2.15. The Hall–Kier alpha value is -2.56. The maximum atomic E-state index is 11.8. The van der Waals surface area contributed by atoms with Crippen LogP contribution in [-0.2, 0) is 0 Å². The minimum atomic E-state index is -0.202. The van der Waals surface area contributed by atoms with Crippen molar-refractivity contribution in [3.63, 3.8) is 0 Å². The van der Waals surface area contributed by atoms with Gasteiger partial charge in [-0.05, 0) is 43.2 Å². The second-order valence-corrected chi connectivity index (χ2v) is 4.84. The number of hydrogen-bond acceptors (Lipinski definition) is 3. The summed E-state index contributed by atoms with van der Waals surface area (Å²) < 4.78 is 0. The van der Waals surface area contributed by atoms with Crippen LogP contribution in [0.4, 0.5) is 16.3 Å². The minimum absolute atomic E-state index is 0.202. The number of urea groups is 1. The first-order valence-corrected chi connectivity index (χ1v) is 6.92. The summed E-state index contributed by atoms with van der Waals surface area (Å²) in [6, 6.07) is 11.4. The van der Waals surface area contributed by atoms with Gasteiger partial charge in [0.2, 0.25) is 0 Å². The summed E-state index contributed by atoms with van der Waals surface area (Å²) in [5.41, 5.74) is 3.00. The van der Waals surface area contributed by atoms with Crippen LogP contribution >= 0.6 is 0 Å². The lowest BCUT2D eigenvalue weighted by Gasteiger charge is -2.11. The molecule has 1 aromatic heterocycles. The number of aryl methyl sites for hydroxylation is 2. The lowest BCUT2D eigenvalue weighted by atomic mass is 10.1. The lowest BCUT2D eigenvalue weighted by Crippen LogP contribution is -2.32. The maximum absolute atomic E-state index is 11.8. The van der Waals surface area contributed by atoms with Gasteiger partial charge in [0, 0.05) is 25.0 Å². The van der Waals surface area contributed by atoms with Crippen molar-refractivity contribution >= 4 is 17.5 Å². The molecule has 2 amide bonds. The average Bonchev–Trinajstić information content (AvgIpc) is 2.48. The molecule has 0 saturated carbocycles. The van der Waals surface area contributed by atoms with E-state index in [0.29, 0.717) is 13.1 Å². The molecule has 0 aliphatic rings. The van der Waals surface area contributed by atoms with Crippen molar-refractivity contribution in [3.05, 3.63) is 53.7 Å². The van der Waals surface area contributed by atoms with Crippen LogP contribution in [0.1, 0.15) is 11.1 Å². The predicted molar refractivity (Wildman–Crippen MR) is 85.7 cm³/mol. The molecule has 0 radical (unpaired) electrons. The normalized spacial score (nSPS) is 10.0. The van der Waals surface area contributed by atoms with Crippen molar-refractivity contribution in [2.45, 2.75) is 13.8 Å². The predicted octanol–water partition coefficient (Wildman–Crippen LogP) is 2.93. The fraction of sp³-hybridized carbons (Fsp3) is 0.250. The number of nitrogens with one attached hydrogen (secondary N) is 3. The van der Waals surface area contributed by atoms with Crippen molar-refractivity contribution < 1.29 is 4.79 Å². The van der Waals surface area contributed by atoms with Crippen molar-refractivity contribution in [1.82, 2.24) is 10.3 Å². The first-order valence-electron chi connectivity index (χ1n) is 6.92. The second kappa shape index (κ2) is 7.28. The van der Waals surface area contributed by atoms with E-state index in [1.54, 1.807) is 6.20 Å². The first-order chi connectivity index (χ1) is 10.1. The number of benzene rings is 1. The van der Waals surface area contributed by atoms with Crippen LogP contribution in [0.2, 0.25) is 0 Å². The monoisotopic (exact) mass is 284 g/mol. The fourth-order valence-electron chi connectivity index (χ4n) is 1.87. The van der Waals surface area contributed by atoms with Crippen molar-refractivity contribution in [1.29, 1.82) is 0 Å². The Balaban J connectivity index is 1.74. The fourth-order valence-corrected chi connectivity index (χ4v) is 1.87. The van der Waals surface area contributed by atoms with Crippen LogP contribution in [-0.4, -0.2) is 24.1 Å². The van der Waals surface area contributed by atoms with E-state index < -0.39 is 0 Å². The molecule has 110 valence electrons. The Morgan fingerprint density at radius 1 is 1.14 bits per heavy atom. The average molecular weight is 284 g/mol. The summed E-state index contributed by atoms with van der Waals surface area (Å²) in [7, 11) is 0. The third kappa shape index (κ3) is 4.80. The van der Waals surface area contributed by atoms with Gasteiger partial charge in [0.25, 0.3) is 0 Å². The number of pyridine rings is 1. The smallest absolute Gasteiger partial charge is 0.319 e. The quantitative estimate of drug-likeness (QED) is 0.740. The van der Waals surface area contributed by atoms with E-state index >= 15 is 0 Å². The Kier molecular flexibility index (Phi) is 5.15. The number of carbonyl (C=O) groups is 1. The van der Waals surface area contributed by atoms with Gasteiger partial charge in [0.1, 0.15) is 5.82 Å². The van der Waals surface area contributed by atoms with Gasteiger partial charge in [-0.2, -0.15) is 0 Å². The van der Waals surface area contributed by atoms with E-state index in [1.165, 1.54) is 0 Å². The van der Waals surface area contributed by atoms with E-state index in [2.05, 4.69) is 20.9 Å². The molecule has 2 aromatic rings. The van der Waals surface area contributed by atoms with Crippen LogP contribution in [0.15, 0.2) is 42.6 Å². The molecule has 0 bridgehead atoms. The lowest BCUT2D eigenvalue weighted by molar-refractivity contribution is 0.252. The van der Waals surface area contributed by atoms with Gasteiger partial charge in [-0.1, -0.05) is 18.2 Å². The highest BCUT2D eigenvalue weighted by molar-refractivity contribution is 5.90. The summed E-state index contributed by atoms with van der Waals surface area (Å²) in [6.45, 7) is 5.11. The molecule has 0 aliphatic carbocycles. The SMILES string of the molecule is Cc1ccc(C)c(NC(=O)NCCNc2ccccn2)c1. The molecule has 21 heavy (non-hydrogen) atoms. The zero-order chi connectivity index (χ0) is 15.1. The van der Waals surface area contributed by atoms with Crippen LogP contribution in [0.3, 0.4) is 0 Å². The number of carbonyl (C=O) groups excluding carboxylic acids is 1. The summed E-state index contributed by atoms with van der Waals surface area (Å²) >= 11 is 0. The van der Waals surface area contributed by atoms with Gasteiger partial charge in [-0.15, -0.1) is 0 Å². The van der Waals surface area contributed by atoms with Crippen molar-refractivity contribution in [2.24, 2.45) is 0 Å². The van der Waals surface area contributed by atoms with Gasteiger partial charge < -0.3 is 16.0 Å². The summed E-state index contributed by atoms with van der Waals surface area (Å²) in [6.07, 6.45) is 1.73. The van der Waals surface area contributed by atoms with E-state index in [4.69, 9.17) is 0 Å². The van der Waals surface area contributed by atoms with Crippen LogP contribution in [0.5, 0.6) is 0 Å². The molecule has 5 heteroatoms. The Morgan fingerprint density at radius 3 is 2.76 bits per heavy atom. The number of hydrogen-bond donors (Lipinski definition) is 3. The van der Waals surface area contributed by atoms with Gasteiger partial charge in [-0.25, -0.2) is 9.78 Å². The van der Waals surface area contributed by atoms with Gasteiger partial charge >= 0.3 is 6.03 Å². The van der Waals surface area contributed by atoms with Crippen LogP contribution < -0.4 is 16.0 Å². The molecule has 0 saturated heterocycles. The molecule has 1 heterocycles. The van der Waals surface area contributed by atoms with Gasteiger partial charge in [0.15, 0.2) is 0 Å². The molecule has 0 spiro atoms. The molecule has 0 aliphatic heterocycles. The number of amides is 2. The molecule has 0 unspecified atom stereocenters. The number of rotatable bonds is 5. The molecular formula is C16H20N4O. The summed E-state index contributed by atoms with van der Waals surface area (Å²) in [5, 5.41) is 8.79. The molecule has 2 rings (SSSR count). The third-order valence-corrected chi connectivity index (χ3v) is 3.02. The molecule has 0 atom stereocenters. The molecule has 1 aromatic carbocycles. The van der Waals surface area contributed by atoms with Crippen LogP contribution in [0, 0.1) is 13.8 Å². The third-order valence-electron chi connectivity index (χ3n) is 3.02. The number of aromatic nitrogens is 1. The minimum Gasteiger partial charge on any atom is -0.368 e. The highest BCUT2D eigenvalue weighted by atomic mass is 16.2. The maximum Gasteiger partial charge on any atom is 0.319 e. The zero-order valence-electron chi connectivity index (χ0n) is 12.3. The molecule has 5 nitrogen and oxygen atoms in total.